The molecule has 0 bridgehead atoms. The smallest absolute Gasteiger partial charge is 0.274 e. The number of nitrogens with zero attached hydrogens (tertiary/aromatic N) is 4. The molecule has 1 aromatic heterocycles. The summed E-state index contributed by atoms with van der Waals surface area (Å²) in [6, 6.07) is 9.37. The molecule has 1 atom stereocenters. The van der Waals surface area contributed by atoms with Crippen LogP contribution in [0.3, 0.4) is 0 Å². The highest BCUT2D eigenvalue weighted by atomic mass is 16.2. The highest BCUT2D eigenvalue weighted by Crippen LogP contribution is 2.28. The normalized spacial score (nSPS) is 18.6. The molecular weight excluding hydrogens is 418 g/mol. The van der Waals surface area contributed by atoms with Crippen LogP contribution in [0.25, 0.3) is 0 Å². The monoisotopic (exact) mass is 451 g/mol. The third-order valence-corrected chi connectivity index (χ3v) is 6.49. The Bertz CT molecular complexity index is 1050. The minimum atomic E-state index is -0.476. The Hall–Kier alpha value is -3.16. The topological polar surface area (TPSA) is 87.5 Å². The largest absolute Gasteiger partial charge is 0.337 e. The average molecular weight is 452 g/mol. The molecule has 8 heteroatoms. The summed E-state index contributed by atoms with van der Waals surface area (Å²) >= 11 is 0. The number of likely N-dealkylation sites (tertiary alicyclic amines) is 1. The molecule has 33 heavy (non-hydrogen) atoms. The van der Waals surface area contributed by atoms with Crippen LogP contribution in [0.4, 0.5) is 5.69 Å². The van der Waals surface area contributed by atoms with Crippen LogP contribution in [0.15, 0.2) is 30.3 Å². The molecule has 1 aromatic carbocycles. The minimum Gasteiger partial charge on any atom is -0.337 e. The SMILES string of the molecule is Cn1nc(C(=O)N2CCC[C@@H](C(=O)Nc3ccccc3)C2)c2c1CCN(C(=O)C(C)(C)C)C2. The van der Waals surface area contributed by atoms with Crippen molar-refractivity contribution < 1.29 is 14.4 Å². The van der Waals surface area contributed by atoms with Gasteiger partial charge in [-0.1, -0.05) is 39.0 Å². The summed E-state index contributed by atoms with van der Waals surface area (Å²) < 4.78 is 1.77. The van der Waals surface area contributed by atoms with E-state index in [0.29, 0.717) is 38.3 Å². The first-order valence-corrected chi connectivity index (χ1v) is 11.6. The zero-order valence-electron chi connectivity index (χ0n) is 19.9. The lowest BCUT2D eigenvalue weighted by atomic mass is 9.92. The van der Waals surface area contributed by atoms with Gasteiger partial charge in [-0.2, -0.15) is 5.10 Å². The summed E-state index contributed by atoms with van der Waals surface area (Å²) in [4.78, 5) is 42.7. The molecule has 0 radical (unpaired) electrons. The Labute approximate surface area is 194 Å². The number of rotatable bonds is 3. The van der Waals surface area contributed by atoms with Crippen LogP contribution in [-0.4, -0.2) is 56.9 Å². The van der Waals surface area contributed by atoms with Gasteiger partial charge >= 0.3 is 0 Å². The van der Waals surface area contributed by atoms with E-state index in [0.717, 1.165) is 29.8 Å². The molecule has 3 amide bonds. The van der Waals surface area contributed by atoms with Crippen LogP contribution in [0, 0.1) is 11.3 Å². The van der Waals surface area contributed by atoms with Gasteiger partial charge in [0.05, 0.1) is 5.92 Å². The minimum absolute atomic E-state index is 0.0660. The fourth-order valence-corrected chi connectivity index (χ4v) is 4.70. The summed E-state index contributed by atoms with van der Waals surface area (Å²) in [5.41, 5.74) is 2.53. The zero-order chi connectivity index (χ0) is 23.8. The second kappa shape index (κ2) is 9.00. The summed E-state index contributed by atoms with van der Waals surface area (Å²) in [7, 11) is 1.85. The van der Waals surface area contributed by atoms with E-state index < -0.39 is 5.41 Å². The fourth-order valence-electron chi connectivity index (χ4n) is 4.70. The Kier molecular flexibility index (Phi) is 6.28. The molecular formula is C25H33N5O3. The van der Waals surface area contributed by atoms with Crippen molar-refractivity contribution in [2.45, 2.75) is 46.6 Å². The van der Waals surface area contributed by atoms with Crippen molar-refractivity contribution in [3.63, 3.8) is 0 Å². The molecule has 0 aliphatic carbocycles. The number of hydrogen-bond donors (Lipinski definition) is 1. The van der Waals surface area contributed by atoms with Crippen LogP contribution >= 0.6 is 0 Å². The number of anilines is 1. The molecule has 1 saturated heterocycles. The van der Waals surface area contributed by atoms with Crippen LogP contribution in [0.1, 0.15) is 55.4 Å². The van der Waals surface area contributed by atoms with Crippen LogP contribution in [0.2, 0.25) is 0 Å². The molecule has 2 aromatic rings. The number of aromatic nitrogens is 2. The molecule has 1 fully saturated rings. The first-order chi connectivity index (χ1) is 15.6. The number of nitrogens with one attached hydrogen (secondary N) is 1. The maximum atomic E-state index is 13.5. The number of aryl methyl sites for hydroxylation is 1. The van der Waals surface area contributed by atoms with Crippen molar-refractivity contribution in [1.29, 1.82) is 0 Å². The first kappa shape index (κ1) is 23.0. The molecule has 8 nitrogen and oxygen atoms in total. The Morgan fingerprint density at radius 2 is 1.79 bits per heavy atom. The van der Waals surface area contributed by atoms with Gasteiger partial charge in [0.15, 0.2) is 5.69 Å². The van der Waals surface area contributed by atoms with E-state index >= 15 is 0 Å². The number of amides is 3. The first-order valence-electron chi connectivity index (χ1n) is 11.6. The lowest BCUT2D eigenvalue weighted by Gasteiger charge is -2.34. The van der Waals surface area contributed by atoms with Gasteiger partial charge in [0, 0.05) is 62.0 Å². The molecule has 3 heterocycles. The van der Waals surface area contributed by atoms with E-state index in [1.807, 2.05) is 63.1 Å². The maximum Gasteiger partial charge on any atom is 0.274 e. The van der Waals surface area contributed by atoms with Crippen molar-refractivity contribution >= 4 is 23.4 Å². The van der Waals surface area contributed by atoms with Crippen molar-refractivity contribution in [3.8, 4) is 0 Å². The van der Waals surface area contributed by atoms with Gasteiger partial charge in [0.2, 0.25) is 11.8 Å². The maximum absolute atomic E-state index is 13.5. The molecule has 2 aliphatic rings. The third kappa shape index (κ3) is 4.79. The fraction of sp³-hybridized carbons (Fsp3) is 0.520. The van der Waals surface area contributed by atoms with Crippen LogP contribution in [0.5, 0.6) is 0 Å². The van der Waals surface area contributed by atoms with Crippen molar-refractivity contribution in [2.75, 3.05) is 25.0 Å². The number of fused-ring (bicyclic) bond motifs is 1. The molecule has 2 aliphatic heterocycles. The van der Waals surface area contributed by atoms with Crippen LogP contribution < -0.4 is 5.32 Å². The Morgan fingerprint density at radius 3 is 2.48 bits per heavy atom. The van der Waals surface area contributed by atoms with Gasteiger partial charge in [-0.25, -0.2) is 0 Å². The highest BCUT2D eigenvalue weighted by molar-refractivity contribution is 5.96. The van der Waals surface area contributed by atoms with Gasteiger partial charge in [-0.15, -0.1) is 0 Å². The van der Waals surface area contributed by atoms with Crippen molar-refractivity contribution in [1.82, 2.24) is 19.6 Å². The lowest BCUT2D eigenvalue weighted by molar-refractivity contribution is -0.140. The van der Waals surface area contributed by atoms with Gasteiger partial charge < -0.3 is 15.1 Å². The lowest BCUT2D eigenvalue weighted by Crippen LogP contribution is -2.45. The number of piperidine rings is 1. The van der Waals surface area contributed by atoms with E-state index in [1.165, 1.54) is 0 Å². The number of hydrogen-bond acceptors (Lipinski definition) is 4. The second-order valence-corrected chi connectivity index (χ2v) is 10.1. The van der Waals surface area contributed by atoms with Crippen LogP contribution in [-0.2, 0) is 29.6 Å². The molecule has 1 N–H and O–H groups in total. The molecule has 0 spiro atoms. The van der Waals surface area contributed by atoms with Gasteiger partial charge in [0.1, 0.15) is 0 Å². The van der Waals surface area contributed by atoms with Gasteiger partial charge in [0.25, 0.3) is 5.91 Å². The van der Waals surface area contributed by atoms with E-state index in [1.54, 1.807) is 9.58 Å². The van der Waals surface area contributed by atoms with E-state index in [-0.39, 0.29) is 23.6 Å². The number of para-hydroxylation sites is 1. The van der Waals surface area contributed by atoms with Gasteiger partial charge in [-0.3, -0.25) is 19.1 Å². The Balaban J connectivity index is 1.49. The number of carbonyl (C=O) groups excluding carboxylic acids is 3. The van der Waals surface area contributed by atoms with Crippen molar-refractivity contribution in [2.24, 2.45) is 18.4 Å². The molecule has 0 saturated carbocycles. The molecule has 176 valence electrons. The number of carbonyl (C=O) groups is 3. The van der Waals surface area contributed by atoms with E-state index in [2.05, 4.69) is 10.4 Å². The molecule has 4 rings (SSSR count). The predicted molar refractivity (Wildman–Crippen MR) is 125 cm³/mol. The standard InChI is InChI=1S/C25H33N5O3/c1-25(2,3)24(33)30-14-12-20-19(16-30)21(27-28(20)4)23(32)29-13-8-9-17(15-29)22(31)26-18-10-6-5-7-11-18/h5-7,10-11,17H,8-9,12-16H2,1-4H3,(H,26,31)/t17-/m1/s1. The Morgan fingerprint density at radius 1 is 1.06 bits per heavy atom. The average Bonchev–Trinajstić information content (AvgIpc) is 3.14. The third-order valence-electron chi connectivity index (χ3n) is 6.49. The van der Waals surface area contributed by atoms with E-state index in [9.17, 15) is 14.4 Å². The van der Waals surface area contributed by atoms with Crippen molar-refractivity contribution in [3.05, 3.63) is 47.3 Å². The zero-order valence-corrected chi connectivity index (χ0v) is 19.9. The highest BCUT2D eigenvalue weighted by Gasteiger charge is 2.36. The summed E-state index contributed by atoms with van der Waals surface area (Å²) in [5, 5.41) is 7.50. The molecule has 0 unspecified atom stereocenters. The van der Waals surface area contributed by atoms with E-state index in [4.69, 9.17) is 0 Å². The quantitative estimate of drug-likeness (QED) is 0.777. The summed E-state index contributed by atoms with van der Waals surface area (Å²) in [6.45, 7) is 7.73. The second-order valence-electron chi connectivity index (χ2n) is 10.1. The summed E-state index contributed by atoms with van der Waals surface area (Å²) in [6.07, 6.45) is 2.19. The summed E-state index contributed by atoms with van der Waals surface area (Å²) in [5.74, 6) is -0.412. The number of benzene rings is 1. The van der Waals surface area contributed by atoms with Gasteiger partial charge in [-0.05, 0) is 25.0 Å². The predicted octanol–water partition coefficient (Wildman–Crippen LogP) is 2.84.